The molecule has 14 heteroatoms. The number of fused-ring (bicyclic) bond motifs is 1. The van der Waals surface area contributed by atoms with E-state index in [2.05, 4.69) is 37.3 Å². The molecule has 13 nitrogen and oxygen atoms in total. The number of carbonyl (C=O) groups is 3. The Bertz CT molecular complexity index is 1370. The average molecular weight is 543 g/mol. The van der Waals surface area contributed by atoms with Crippen molar-refractivity contribution in [3.8, 4) is 6.07 Å². The Hall–Kier alpha value is -4.38. The number of nitrogens with zero attached hydrogens (tertiary/aromatic N) is 5. The third-order valence-corrected chi connectivity index (χ3v) is 5.71. The lowest BCUT2D eigenvalue weighted by Crippen LogP contribution is -2.53. The molecule has 3 aromatic rings. The SMILES string of the molecule is CC(C)(C)[C@H](NC(=O)c1nn(CCCCC#N)c2cc(F)ccc12)C(=O)NCc1nnc(C(=O)NCCO)o1. The zero-order valence-corrected chi connectivity index (χ0v) is 22.0. The number of hydrogen-bond acceptors (Lipinski definition) is 9. The summed E-state index contributed by atoms with van der Waals surface area (Å²) < 4.78 is 20.7. The van der Waals surface area contributed by atoms with Gasteiger partial charge in [0.15, 0.2) is 5.69 Å². The summed E-state index contributed by atoms with van der Waals surface area (Å²) in [6.45, 7) is 5.28. The number of hydrogen-bond donors (Lipinski definition) is 4. The molecule has 0 aliphatic carbocycles. The van der Waals surface area contributed by atoms with Crippen LogP contribution in [-0.4, -0.2) is 62.0 Å². The van der Waals surface area contributed by atoms with Crippen molar-refractivity contribution in [2.45, 2.75) is 59.2 Å². The first-order chi connectivity index (χ1) is 18.5. The Balaban J connectivity index is 1.74. The van der Waals surface area contributed by atoms with Crippen molar-refractivity contribution in [1.82, 2.24) is 35.9 Å². The van der Waals surface area contributed by atoms with Crippen LogP contribution < -0.4 is 16.0 Å². The van der Waals surface area contributed by atoms with Gasteiger partial charge in [0.05, 0.1) is 24.7 Å². The van der Waals surface area contributed by atoms with E-state index in [9.17, 15) is 18.8 Å². The molecule has 0 saturated carbocycles. The standard InChI is InChI=1S/C25H31FN8O5/c1-25(2,3)20(22(37)29-14-18-31-32-24(39-18)23(38)28-10-12-35)30-21(36)19-16-8-7-15(26)13-17(16)34(33-19)11-6-4-5-9-27/h7-8,13,20,35H,4-6,10-12,14H2,1-3H3,(H,28,38)(H,29,37)(H,30,36)/t20-/m1/s1. The third-order valence-electron chi connectivity index (χ3n) is 5.71. The predicted octanol–water partition coefficient (Wildman–Crippen LogP) is 1.44. The number of amides is 3. The van der Waals surface area contributed by atoms with Crippen molar-refractivity contribution in [3.63, 3.8) is 0 Å². The van der Waals surface area contributed by atoms with Crippen LogP contribution in [-0.2, 0) is 17.9 Å². The monoisotopic (exact) mass is 542 g/mol. The number of unbranched alkanes of at least 4 members (excludes halogenated alkanes) is 2. The predicted molar refractivity (Wildman–Crippen MR) is 135 cm³/mol. The summed E-state index contributed by atoms with van der Waals surface area (Å²) in [6, 6.07) is 5.06. The zero-order valence-electron chi connectivity index (χ0n) is 22.0. The van der Waals surface area contributed by atoms with E-state index in [1.54, 1.807) is 20.8 Å². The first-order valence-corrected chi connectivity index (χ1v) is 12.4. The van der Waals surface area contributed by atoms with E-state index in [1.807, 2.05) is 0 Å². The van der Waals surface area contributed by atoms with Gasteiger partial charge in [-0.2, -0.15) is 10.4 Å². The molecule has 0 aliphatic heterocycles. The fraction of sp³-hybridized carbons (Fsp3) is 0.480. The van der Waals surface area contributed by atoms with Crippen molar-refractivity contribution >= 4 is 28.6 Å². The van der Waals surface area contributed by atoms with Gasteiger partial charge in [0.2, 0.25) is 11.8 Å². The van der Waals surface area contributed by atoms with Crippen LogP contribution in [0.2, 0.25) is 0 Å². The largest absolute Gasteiger partial charge is 0.415 e. The van der Waals surface area contributed by atoms with Gasteiger partial charge in [-0.25, -0.2) is 4.39 Å². The average Bonchev–Trinajstić information content (AvgIpc) is 3.51. The molecule has 0 spiro atoms. The molecule has 4 N–H and O–H groups in total. The molecule has 2 aromatic heterocycles. The fourth-order valence-corrected chi connectivity index (χ4v) is 3.75. The van der Waals surface area contributed by atoms with Gasteiger partial charge in [-0.15, -0.1) is 10.2 Å². The molecule has 1 aromatic carbocycles. The van der Waals surface area contributed by atoms with Gasteiger partial charge in [-0.05, 0) is 36.5 Å². The van der Waals surface area contributed by atoms with Crippen LogP contribution in [0.5, 0.6) is 0 Å². The molecule has 0 saturated heterocycles. The molecule has 0 aliphatic rings. The van der Waals surface area contributed by atoms with Crippen molar-refractivity contribution in [2.75, 3.05) is 13.2 Å². The topological polar surface area (TPSA) is 188 Å². The number of carbonyl (C=O) groups excluding carboxylic acids is 3. The molecular formula is C25H31FN8O5. The Morgan fingerprint density at radius 1 is 1.18 bits per heavy atom. The Morgan fingerprint density at radius 2 is 1.95 bits per heavy atom. The highest BCUT2D eigenvalue weighted by Gasteiger charge is 2.34. The van der Waals surface area contributed by atoms with Crippen LogP contribution in [0.4, 0.5) is 4.39 Å². The highest BCUT2D eigenvalue weighted by atomic mass is 19.1. The van der Waals surface area contributed by atoms with Crippen LogP contribution in [0.3, 0.4) is 0 Å². The Labute approximate surface area is 223 Å². The molecule has 0 unspecified atom stereocenters. The molecule has 2 heterocycles. The number of aliphatic hydroxyl groups is 1. The van der Waals surface area contributed by atoms with E-state index in [-0.39, 0.29) is 37.2 Å². The minimum Gasteiger partial charge on any atom is -0.415 e. The maximum absolute atomic E-state index is 14.0. The van der Waals surface area contributed by atoms with E-state index >= 15 is 0 Å². The highest BCUT2D eigenvalue weighted by molar-refractivity contribution is 6.06. The Morgan fingerprint density at radius 3 is 2.64 bits per heavy atom. The fourth-order valence-electron chi connectivity index (χ4n) is 3.75. The Kier molecular flexibility index (Phi) is 9.67. The molecule has 3 rings (SSSR count). The molecular weight excluding hydrogens is 511 g/mol. The first-order valence-electron chi connectivity index (χ1n) is 12.4. The van der Waals surface area contributed by atoms with Crippen LogP contribution >= 0.6 is 0 Å². The number of benzene rings is 1. The highest BCUT2D eigenvalue weighted by Crippen LogP contribution is 2.23. The van der Waals surface area contributed by atoms with E-state index in [0.29, 0.717) is 36.7 Å². The van der Waals surface area contributed by atoms with Crippen molar-refractivity contribution in [3.05, 3.63) is 41.5 Å². The van der Waals surface area contributed by atoms with Crippen LogP contribution in [0, 0.1) is 22.6 Å². The molecule has 0 bridgehead atoms. The number of aryl methyl sites for hydroxylation is 1. The maximum atomic E-state index is 14.0. The lowest BCUT2D eigenvalue weighted by Gasteiger charge is -2.30. The summed E-state index contributed by atoms with van der Waals surface area (Å²) in [5, 5.41) is 37.4. The van der Waals surface area contributed by atoms with Crippen molar-refractivity contribution in [1.29, 1.82) is 5.26 Å². The number of aliphatic hydroxyl groups excluding tert-OH is 1. The second kappa shape index (κ2) is 12.9. The quantitative estimate of drug-likeness (QED) is 0.245. The molecule has 0 fully saturated rings. The molecule has 0 radical (unpaired) electrons. The number of rotatable bonds is 12. The third kappa shape index (κ3) is 7.57. The second-order valence-electron chi connectivity index (χ2n) is 9.82. The van der Waals surface area contributed by atoms with Gasteiger partial charge >= 0.3 is 11.8 Å². The maximum Gasteiger partial charge on any atom is 0.308 e. The summed E-state index contributed by atoms with van der Waals surface area (Å²) in [5.74, 6) is -2.63. The van der Waals surface area contributed by atoms with Gasteiger partial charge in [0.1, 0.15) is 11.9 Å². The summed E-state index contributed by atoms with van der Waals surface area (Å²) in [6.07, 6.45) is 1.64. The lowest BCUT2D eigenvalue weighted by atomic mass is 9.86. The smallest absolute Gasteiger partial charge is 0.308 e. The number of aromatic nitrogens is 4. The second-order valence-corrected chi connectivity index (χ2v) is 9.82. The minimum absolute atomic E-state index is 0.0178. The molecule has 208 valence electrons. The summed E-state index contributed by atoms with van der Waals surface area (Å²) >= 11 is 0. The van der Waals surface area contributed by atoms with E-state index in [1.165, 1.54) is 22.9 Å². The van der Waals surface area contributed by atoms with Crippen molar-refractivity contribution in [2.24, 2.45) is 5.41 Å². The van der Waals surface area contributed by atoms with Crippen LogP contribution in [0.1, 0.15) is 67.1 Å². The van der Waals surface area contributed by atoms with Crippen LogP contribution in [0.15, 0.2) is 22.6 Å². The van der Waals surface area contributed by atoms with E-state index in [0.717, 1.165) is 0 Å². The number of nitriles is 1. The lowest BCUT2D eigenvalue weighted by molar-refractivity contribution is -0.125. The molecule has 1 atom stereocenters. The van der Waals surface area contributed by atoms with Gasteiger partial charge in [-0.3, -0.25) is 19.1 Å². The van der Waals surface area contributed by atoms with E-state index < -0.39 is 35.0 Å². The molecule has 3 amide bonds. The zero-order chi connectivity index (χ0) is 28.6. The summed E-state index contributed by atoms with van der Waals surface area (Å²) in [5.41, 5.74) is -0.238. The molecule has 39 heavy (non-hydrogen) atoms. The van der Waals surface area contributed by atoms with Gasteiger partial charge in [-0.1, -0.05) is 20.8 Å². The van der Waals surface area contributed by atoms with Gasteiger partial charge in [0.25, 0.3) is 5.91 Å². The van der Waals surface area contributed by atoms with Gasteiger partial charge in [0, 0.05) is 24.9 Å². The first kappa shape index (κ1) is 29.2. The van der Waals surface area contributed by atoms with E-state index in [4.69, 9.17) is 14.8 Å². The normalized spacial score (nSPS) is 12.1. The van der Waals surface area contributed by atoms with Crippen LogP contribution in [0.25, 0.3) is 10.9 Å². The summed E-state index contributed by atoms with van der Waals surface area (Å²) in [7, 11) is 0. The summed E-state index contributed by atoms with van der Waals surface area (Å²) in [4.78, 5) is 38.3. The van der Waals surface area contributed by atoms with Crippen molar-refractivity contribution < 1.29 is 28.3 Å². The number of nitrogens with one attached hydrogen (secondary N) is 3. The minimum atomic E-state index is -1.00. The van der Waals surface area contributed by atoms with Gasteiger partial charge < -0.3 is 25.5 Å². The number of halogens is 1.